The van der Waals surface area contributed by atoms with E-state index in [1.54, 1.807) is 13.8 Å². The third-order valence-electron chi connectivity index (χ3n) is 5.35. The zero-order chi connectivity index (χ0) is 23.1. The first-order valence-corrected chi connectivity index (χ1v) is 11.0. The quantitative estimate of drug-likeness (QED) is 0.439. The summed E-state index contributed by atoms with van der Waals surface area (Å²) >= 11 is 0. The summed E-state index contributed by atoms with van der Waals surface area (Å²) in [5.74, 6) is -1.07. The minimum atomic E-state index is -0.556. The lowest BCUT2D eigenvalue weighted by Crippen LogP contribution is -2.36. The first kappa shape index (κ1) is 23.3. The smallest absolute Gasteiger partial charge is 0.359 e. The molecule has 0 N–H and O–H groups in total. The number of esters is 2. The van der Waals surface area contributed by atoms with Gasteiger partial charge in [0.25, 0.3) is 0 Å². The number of hydrogen-bond acceptors (Lipinski definition) is 6. The van der Waals surface area contributed by atoms with Gasteiger partial charge in [0.05, 0.1) is 30.3 Å². The van der Waals surface area contributed by atoms with Crippen LogP contribution in [-0.2, 0) is 25.5 Å². The van der Waals surface area contributed by atoms with E-state index in [0.717, 1.165) is 29.7 Å². The first-order chi connectivity index (χ1) is 15.4. The fraction of sp³-hybridized carbons (Fsp3) is 0.346. The Bertz CT molecular complexity index is 1040. The van der Waals surface area contributed by atoms with Crippen molar-refractivity contribution in [1.29, 1.82) is 0 Å². The summed E-state index contributed by atoms with van der Waals surface area (Å²) in [6, 6.07) is 14.3. The molecule has 0 unspecified atom stereocenters. The van der Waals surface area contributed by atoms with Gasteiger partial charge in [-0.15, -0.1) is 0 Å². The van der Waals surface area contributed by atoms with Crippen molar-refractivity contribution in [2.75, 3.05) is 24.7 Å². The van der Waals surface area contributed by atoms with Gasteiger partial charge < -0.3 is 14.4 Å². The maximum Gasteiger partial charge on any atom is 0.359 e. The maximum absolute atomic E-state index is 12.8. The summed E-state index contributed by atoms with van der Waals surface area (Å²) < 4.78 is 10.4. The fourth-order valence-electron chi connectivity index (χ4n) is 3.65. The fourth-order valence-corrected chi connectivity index (χ4v) is 3.65. The summed E-state index contributed by atoms with van der Waals surface area (Å²) in [6.07, 6.45) is 3.04. The van der Waals surface area contributed by atoms with Crippen molar-refractivity contribution in [1.82, 2.24) is 0 Å². The van der Waals surface area contributed by atoms with Gasteiger partial charge in [-0.3, -0.25) is 0 Å². The standard InChI is InChI=1S/C26H30N2O4/c1-5-31-24(29)17-23-25(26(30)32-6-2)27-21-15-18(3)19(4)16-22(21)28(23)14-10-13-20-11-8-7-9-12-20/h7-9,11-12,15-17H,5-6,10,13-14H2,1-4H3/b23-17-. The van der Waals surface area contributed by atoms with Crippen LogP contribution < -0.4 is 4.90 Å². The monoisotopic (exact) mass is 434 g/mol. The zero-order valence-corrected chi connectivity index (χ0v) is 19.2. The van der Waals surface area contributed by atoms with Crippen molar-refractivity contribution in [2.45, 2.75) is 40.5 Å². The van der Waals surface area contributed by atoms with Gasteiger partial charge in [0.1, 0.15) is 0 Å². The molecule has 1 aliphatic heterocycles. The van der Waals surface area contributed by atoms with E-state index in [4.69, 9.17) is 9.47 Å². The Kier molecular flexibility index (Phi) is 7.82. The number of ether oxygens (including phenoxy) is 2. The number of aliphatic imine (C=N–C) groups is 1. The summed E-state index contributed by atoms with van der Waals surface area (Å²) in [6.45, 7) is 8.62. The summed E-state index contributed by atoms with van der Waals surface area (Å²) in [4.78, 5) is 31.7. The SMILES string of the molecule is CCOC(=O)/C=C1/C(C(=O)OCC)=Nc2cc(C)c(C)cc2N1CCCc1ccccc1. The van der Waals surface area contributed by atoms with Gasteiger partial charge in [-0.1, -0.05) is 30.3 Å². The van der Waals surface area contributed by atoms with Crippen LogP contribution in [0.2, 0.25) is 0 Å². The van der Waals surface area contributed by atoms with Crippen LogP contribution in [0.5, 0.6) is 0 Å². The highest BCUT2D eigenvalue weighted by Crippen LogP contribution is 2.39. The van der Waals surface area contributed by atoms with E-state index in [9.17, 15) is 9.59 Å². The van der Waals surface area contributed by atoms with E-state index < -0.39 is 11.9 Å². The Balaban J connectivity index is 2.03. The van der Waals surface area contributed by atoms with Crippen LogP contribution in [0.15, 0.2) is 59.2 Å². The Morgan fingerprint density at radius 2 is 1.69 bits per heavy atom. The molecule has 0 spiro atoms. The first-order valence-electron chi connectivity index (χ1n) is 11.0. The number of anilines is 1. The normalized spacial score (nSPS) is 14.1. The van der Waals surface area contributed by atoms with E-state index in [2.05, 4.69) is 23.2 Å². The molecule has 0 fully saturated rings. The lowest BCUT2D eigenvalue weighted by molar-refractivity contribution is -0.137. The van der Waals surface area contributed by atoms with Crippen LogP contribution in [0, 0.1) is 13.8 Å². The van der Waals surface area contributed by atoms with Crippen molar-refractivity contribution < 1.29 is 19.1 Å². The second kappa shape index (κ2) is 10.8. The highest BCUT2D eigenvalue weighted by Gasteiger charge is 2.31. The number of rotatable bonds is 8. The minimum Gasteiger partial charge on any atom is -0.463 e. The van der Waals surface area contributed by atoms with Crippen LogP contribution in [0.25, 0.3) is 0 Å². The molecule has 168 valence electrons. The number of nitrogens with zero attached hydrogens (tertiary/aromatic N) is 2. The number of fused-ring (bicyclic) bond motifs is 1. The Hall–Kier alpha value is -3.41. The van der Waals surface area contributed by atoms with Crippen LogP contribution in [0.4, 0.5) is 11.4 Å². The van der Waals surface area contributed by atoms with E-state index in [0.29, 0.717) is 17.9 Å². The maximum atomic E-state index is 12.8. The Labute approximate surface area is 189 Å². The molecule has 0 atom stereocenters. The summed E-state index contributed by atoms with van der Waals surface area (Å²) in [5, 5.41) is 0. The lowest BCUT2D eigenvalue weighted by atomic mass is 10.0. The van der Waals surface area contributed by atoms with Crippen LogP contribution in [-0.4, -0.2) is 37.4 Å². The molecule has 0 saturated carbocycles. The second-order valence-corrected chi connectivity index (χ2v) is 7.63. The molecule has 6 nitrogen and oxygen atoms in total. The van der Waals surface area contributed by atoms with Crippen LogP contribution in [0.1, 0.15) is 37.0 Å². The molecule has 0 bridgehead atoms. The molecule has 2 aromatic rings. The summed E-state index contributed by atoms with van der Waals surface area (Å²) in [5.41, 5.74) is 5.52. The third-order valence-corrected chi connectivity index (χ3v) is 5.35. The van der Waals surface area contributed by atoms with Gasteiger partial charge in [0, 0.05) is 12.6 Å². The number of carbonyl (C=O) groups is 2. The van der Waals surface area contributed by atoms with Gasteiger partial charge in [-0.05, 0) is 69.4 Å². The van der Waals surface area contributed by atoms with E-state index in [1.165, 1.54) is 11.6 Å². The van der Waals surface area contributed by atoms with Crippen molar-refractivity contribution >= 4 is 29.0 Å². The molecule has 0 aromatic heterocycles. The highest BCUT2D eigenvalue weighted by atomic mass is 16.5. The van der Waals surface area contributed by atoms with Gasteiger partial charge in [0.15, 0.2) is 5.71 Å². The van der Waals surface area contributed by atoms with Gasteiger partial charge in [-0.2, -0.15) is 0 Å². The van der Waals surface area contributed by atoms with E-state index in [-0.39, 0.29) is 18.9 Å². The molecule has 0 radical (unpaired) electrons. The molecule has 0 amide bonds. The van der Waals surface area contributed by atoms with Crippen molar-refractivity contribution in [3.05, 3.63) is 70.9 Å². The van der Waals surface area contributed by atoms with E-state index in [1.807, 2.05) is 43.0 Å². The topological polar surface area (TPSA) is 68.2 Å². The molecule has 2 aromatic carbocycles. The van der Waals surface area contributed by atoms with Crippen molar-refractivity contribution in [2.24, 2.45) is 4.99 Å². The Morgan fingerprint density at radius 3 is 2.38 bits per heavy atom. The average molecular weight is 435 g/mol. The molecule has 3 rings (SSSR count). The molecule has 32 heavy (non-hydrogen) atoms. The number of aryl methyl sites for hydroxylation is 3. The van der Waals surface area contributed by atoms with Crippen molar-refractivity contribution in [3.63, 3.8) is 0 Å². The second-order valence-electron chi connectivity index (χ2n) is 7.63. The zero-order valence-electron chi connectivity index (χ0n) is 19.2. The molecular formula is C26H30N2O4. The predicted molar refractivity (Wildman–Crippen MR) is 126 cm³/mol. The third kappa shape index (κ3) is 5.44. The summed E-state index contributed by atoms with van der Waals surface area (Å²) in [7, 11) is 0. The van der Waals surface area contributed by atoms with Gasteiger partial charge in [-0.25, -0.2) is 14.6 Å². The number of benzene rings is 2. The molecule has 1 aliphatic rings. The number of carbonyl (C=O) groups excluding carboxylic acids is 2. The Morgan fingerprint density at radius 1 is 1.00 bits per heavy atom. The molecule has 6 heteroatoms. The van der Waals surface area contributed by atoms with Crippen LogP contribution >= 0.6 is 0 Å². The van der Waals surface area contributed by atoms with Crippen LogP contribution in [0.3, 0.4) is 0 Å². The molecule has 0 aliphatic carbocycles. The van der Waals surface area contributed by atoms with Gasteiger partial charge in [0.2, 0.25) is 0 Å². The minimum absolute atomic E-state index is 0.121. The van der Waals surface area contributed by atoms with E-state index >= 15 is 0 Å². The molecule has 1 heterocycles. The average Bonchev–Trinajstić information content (AvgIpc) is 2.77. The van der Waals surface area contributed by atoms with Gasteiger partial charge >= 0.3 is 11.9 Å². The number of hydrogen-bond donors (Lipinski definition) is 0. The van der Waals surface area contributed by atoms with Crippen molar-refractivity contribution in [3.8, 4) is 0 Å². The molecular weight excluding hydrogens is 404 g/mol. The molecule has 0 saturated heterocycles. The highest BCUT2D eigenvalue weighted by molar-refractivity contribution is 6.45. The lowest BCUT2D eigenvalue weighted by Gasteiger charge is -2.33. The predicted octanol–water partition coefficient (Wildman–Crippen LogP) is 4.84. The largest absolute Gasteiger partial charge is 0.463 e.